The van der Waals surface area contributed by atoms with Crippen LogP contribution in [-0.4, -0.2) is 18.7 Å². The zero-order chi connectivity index (χ0) is 9.84. The number of pyridine rings is 1. The third-order valence-electron chi connectivity index (χ3n) is 1.58. The van der Waals surface area contributed by atoms with Gasteiger partial charge in [-0.05, 0) is 6.07 Å². The minimum Gasteiger partial charge on any atom is -0.383 e. The van der Waals surface area contributed by atoms with Crippen LogP contribution in [0.2, 0.25) is 5.02 Å². The van der Waals surface area contributed by atoms with Crippen molar-refractivity contribution in [3.05, 3.63) is 28.8 Å². The molecule has 72 valence electrons. The van der Waals surface area contributed by atoms with Crippen molar-refractivity contribution in [3.8, 4) is 0 Å². The summed E-state index contributed by atoms with van der Waals surface area (Å²) in [5.74, 6) is -0.603. The zero-order valence-electron chi connectivity index (χ0n) is 7.13. The van der Waals surface area contributed by atoms with E-state index in [1.807, 2.05) is 0 Å². The molecule has 0 aliphatic carbocycles. The average Bonchev–Trinajstić information content (AvgIpc) is 2.09. The highest BCUT2D eigenvalue weighted by molar-refractivity contribution is 6.30. The monoisotopic (exact) mass is 204 g/mol. The third-order valence-corrected chi connectivity index (χ3v) is 1.79. The molecule has 1 aromatic rings. The molecule has 0 amide bonds. The van der Waals surface area contributed by atoms with Crippen LogP contribution in [0.25, 0.3) is 0 Å². The Morgan fingerprint density at radius 1 is 1.77 bits per heavy atom. The number of halogens is 2. The van der Waals surface area contributed by atoms with Crippen LogP contribution in [0.15, 0.2) is 12.3 Å². The molecule has 0 spiro atoms. The normalized spacial score (nSPS) is 12.9. The van der Waals surface area contributed by atoms with Gasteiger partial charge >= 0.3 is 0 Å². The number of methoxy groups -OCH3 is 1. The standard InChI is InChI=1S/C8H10ClFN2O/c1-13-4-7(11)6-2-5(9)3-12-8(6)10/h2-3,7H,4,11H2,1H3/t7-/m1/s1. The van der Waals surface area contributed by atoms with Gasteiger partial charge in [-0.2, -0.15) is 4.39 Å². The molecule has 3 nitrogen and oxygen atoms in total. The van der Waals surface area contributed by atoms with Crippen molar-refractivity contribution in [1.82, 2.24) is 4.98 Å². The van der Waals surface area contributed by atoms with Gasteiger partial charge < -0.3 is 10.5 Å². The first-order chi connectivity index (χ1) is 6.15. The molecule has 0 unspecified atom stereocenters. The first-order valence-electron chi connectivity index (χ1n) is 3.70. The van der Waals surface area contributed by atoms with Gasteiger partial charge in [0.1, 0.15) is 0 Å². The van der Waals surface area contributed by atoms with E-state index in [-0.39, 0.29) is 12.2 Å². The van der Waals surface area contributed by atoms with E-state index < -0.39 is 12.0 Å². The highest BCUT2D eigenvalue weighted by atomic mass is 35.5. The van der Waals surface area contributed by atoms with Crippen molar-refractivity contribution in [2.75, 3.05) is 13.7 Å². The maximum atomic E-state index is 13.0. The number of rotatable bonds is 3. The molecule has 0 radical (unpaired) electrons. The number of hydrogen-bond acceptors (Lipinski definition) is 3. The summed E-state index contributed by atoms with van der Waals surface area (Å²) < 4.78 is 17.8. The van der Waals surface area contributed by atoms with E-state index in [1.54, 1.807) is 0 Å². The lowest BCUT2D eigenvalue weighted by atomic mass is 10.1. The highest BCUT2D eigenvalue weighted by Gasteiger charge is 2.12. The molecule has 5 heteroatoms. The van der Waals surface area contributed by atoms with Crippen LogP contribution in [0.4, 0.5) is 4.39 Å². The van der Waals surface area contributed by atoms with Crippen LogP contribution in [-0.2, 0) is 4.74 Å². The number of hydrogen-bond donors (Lipinski definition) is 1. The van der Waals surface area contributed by atoms with Crippen LogP contribution in [0.3, 0.4) is 0 Å². The molecule has 0 saturated carbocycles. The Hall–Kier alpha value is -0.710. The highest BCUT2D eigenvalue weighted by Crippen LogP contribution is 2.17. The SMILES string of the molecule is COC[C@@H](N)c1cc(Cl)cnc1F. The maximum Gasteiger partial charge on any atom is 0.217 e. The maximum absolute atomic E-state index is 13.0. The Labute approximate surface area is 80.7 Å². The largest absolute Gasteiger partial charge is 0.383 e. The molecular weight excluding hydrogens is 195 g/mol. The van der Waals surface area contributed by atoms with Crippen molar-refractivity contribution in [2.45, 2.75) is 6.04 Å². The molecule has 0 aliphatic rings. The molecule has 0 bridgehead atoms. The van der Waals surface area contributed by atoms with Gasteiger partial charge in [0.15, 0.2) is 0 Å². The average molecular weight is 205 g/mol. The second-order valence-corrected chi connectivity index (χ2v) is 3.03. The van der Waals surface area contributed by atoms with Crippen LogP contribution in [0, 0.1) is 5.95 Å². The molecule has 2 N–H and O–H groups in total. The van der Waals surface area contributed by atoms with E-state index in [0.717, 1.165) is 0 Å². The molecule has 1 aromatic heterocycles. The molecule has 1 rings (SSSR count). The summed E-state index contributed by atoms with van der Waals surface area (Å²) in [7, 11) is 1.50. The molecule has 1 atom stereocenters. The lowest BCUT2D eigenvalue weighted by Crippen LogP contribution is -2.18. The van der Waals surface area contributed by atoms with Crippen LogP contribution in [0.1, 0.15) is 11.6 Å². The third kappa shape index (κ3) is 2.62. The first kappa shape index (κ1) is 10.4. The Morgan fingerprint density at radius 3 is 3.08 bits per heavy atom. The summed E-state index contributed by atoms with van der Waals surface area (Å²) in [6.45, 7) is 0.235. The topological polar surface area (TPSA) is 48.1 Å². The second-order valence-electron chi connectivity index (χ2n) is 2.60. The number of ether oxygens (including phenoxy) is 1. The fourth-order valence-electron chi connectivity index (χ4n) is 0.968. The zero-order valence-corrected chi connectivity index (χ0v) is 7.88. The van der Waals surface area contributed by atoms with Gasteiger partial charge in [-0.3, -0.25) is 0 Å². The summed E-state index contributed by atoms with van der Waals surface area (Å²) in [5.41, 5.74) is 5.88. The van der Waals surface area contributed by atoms with Gasteiger partial charge in [0.25, 0.3) is 0 Å². The van der Waals surface area contributed by atoms with Crippen molar-refractivity contribution in [3.63, 3.8) is 0 Å². The minimum atomic E-state index is -0.603. The molecule has 0 aromatic carbocycles. The molecule has 0 saturated heterocycles. The lowest BCUT2D eigenvalue weighted by molar-refractivity contribution is 0.179. The van der Waals surface area contributed by atoms with Gasteiger partial charge in [0.05, 0.1) is 17.7 Å². The summed E-state index contributed by atoms with van der Waals surface area (Å²) in [4.78, 5) is 3.45. The minimum absolute atomic E-state index is 0.235. The molecular formula is C8H10ClFN2O. The Balaban J connectivity index is 2.91. The molecule has 1 heterocycles. The van der Waals surface area contributed by atoms with E-state index in [1.165, 1.54) is 19.4 Å². The fourth-order valence-corrected chi connectivity index (χ4v) is 1.13. The second kappa shape index (κ2) is 4.50. The van der Waals surface area contributed by atoms with Crippen molar-refractivity contribution >= 4 is 11.6 Å². The summed E-state index contributed by atoms with van der Waals surface area (Å²) in [5, 5.41) is 0.364. The van der Waals surface area contributed by atoms with E-state index in [4.69, 9.17) is 22.1 Å². The molecule has 0 aliphatic heterocycles. The summed E-state index contributed by atoms with van der Waals surface area (Å²) in [6, 6.07) is 0.921. The predicted molar refractivity (Wildman–Crippen MR) is 48.0 cm³/mol. The summed E-state index contributed by atoms with van der Waals surface area (Å²) >= 11 is 5.64. The Bertz CT molecular complexity index is 295. The number of nitrogens with zero attached hydrogens (tertiary/aromatic N) is 1. The van der Waals surface area contributed by atoms with Gasteiger partial charge in [0, 0.05) is 18.9 Å². The number of aromatic nitrogens is 1. The van der Waals surface area contributed by atoms with Gasteiger partial charge in [-0.15, -0.1) is 0 Å². The first-order valence-corrected chi connectivity index (χ1v) is 4.08. The molecule has 13 heavy (non-hydrogen) atoms. The van der Waals surface area contributed by atoms with Crippen molar-refractivity contribution in [2.24, 2.45) is 5.73 Å². The Kier molecular flexibility index (Phi) is 3.59. The van der Waals surface area contributed by atoms with E-state index in [0.29, 0.717) is 5.02 Å². The smallest absolute Gasteiger partial charge is 0.217 e. The van der Waals surface area contributed by atoms with Crippen LogP contribution in [0.5, 0.6) is 0 Å². The van der Waals surface area contributed by atoms with Gasteiger partial charge in [-0.1, -0.05) is 11.6 Å². The van der Waals surface area contributed by atoms with E-state index in [9.17, 15) is 4.39 Å². The predicted octanol–water partition coefficient (Wildman–Crippen LogP) is 1.52. The lowest BCUT2D eigenvalue weighted by Gasteiger charge is -2.10. The Morgan fingerprint density at radius 2 is 2.46 bits per heavy atom. The van der Waals surface area contributed by atoms with Crippen molar-refractivity contribution in [1.29, 1.82) is 0 Å². The van der Waals surface area contributed by atoms with Gasteiger partial charge in [-0.25, -0.2) is 4.98 Å². The van der Waals surface area contributed by atoms with E-state index >= 15 is 0 Å². The number of nitrogens with two attached hydrogens (primary N) is 1. The fraction of sp³-hybridized carbons (Fsp3) is 0.375. The van der Waals surface area contributed by atoms with Crippen molar-refractivity contribution < 1.29 is 9.13 Å². The van der Waals surface area contributed by atoms with Gasteiger partial charge in [0.2, 0.25) is 5.95 Å². The van der Waals surface area contributed by atoms with Crippen LogP contribution < -0.4 is 5.73 Å². The van der Waals surface area contributed by atoms with E-state index in [2.05, 4.69) is 4.98 Å². The van der Waals surface area contributed by atoms with Crippen LogP contribution >= 0.6 is 11.6 Å². The summed E-state index contributed by atoms with van der Waals surface area (Å²) in [6.07, 6.45) is 1.24. The molecule has 0 fully saturated rings. The quantitative estimate of drug-likeness (QED) is 0.760.